The van der Waals surface area contributed by atoms with Crippen molar-refractivity contribution < 1.29 is 0 Å². The summed E-state index contributed by atoms with van der Waals surface area (Å²) in [6, 6.07) is 8.12. The van der Waals surface area contributed by atoms with Gasteiger partial charge < -0.3 is 9.80 Å². The molecular formula is C15H20BrN3. The van der Waals surface area contributed by atoms with Crippen LogP contribution in [0.2, 0.25) is 0 Å². The molecule has 0 aromatic heterocycles. The number of hydrogen-bond donors (Lipinski definition) is 0. The molecule has 0 N–H and O–H groups in total. The van der Waals surface area contributed by atoms with E-state index in [9.17, 15) is 0 Å². The normalized spacial score (nSPS) is 17.2. The summed E-state index contributed by atoms with van der Waals surface area (Å²) in [5, 5.41) is 8.94. The Morgan fingerprint density at radius 3 is 2.68 bits per heavy atom. The fraction of sp³-hybridized carbons (Fsp3) is 0.533. The number of hydrogen-bond acceptors (Lipinski definition) is 3. The fourth-order valence-corrected chi connectivity index (χ4v) is 3.02. The molecule has 1 aromatic carbocycles. The lowest BCUT2D eigenvalue weighted by molar-refractivity contribution is 0.222. The molecule has 1 saturated heterocycles. The first-order valence-electron chi connectivity index (χ1n) is 6.69. The molecule has 1 aliphatic rings. The van der Waals surface area contributed by atoms with Crippen molar-refractivity contribution >= 4 is 21.6 Å². The van der Waals surface area contributed by atoms with Gasteiger partial charge in [0.1, 0.15) is 6.07 Å². The number of likely N-dealkylation sites (tertiary alicyclic amines) is 1. The molecule has 0 amide bonds. The van der Waals surface area contributed by atoms with Crippen LogP contribution in [0.25, 0.3) is 0 Å². The molecule has 19 heavy (non-hydrogen) atoms. The van der Waals surface area contributed by atoms with Gasteiger partial charge in [0.15, 0.2) is 0 Å². The number of nitrogens with zero attached hydrogens (tertiary/aromatic N) is 3. The minimum Gasteiger partial charge on any atom is -0.374 e. The van der Waals surface area contributed by atoms with Crippen LogP contribution in [0, 0.1) is 17.2 Å². The molecule has 0 saturated carbocycles. The van der Waals surface area contributed by atoms with E-state index in [1.807, 2.05) is 18.2 Å². The molecule has 0 unspecified atom stereocenters. The van der Waals surface area contributed by atoms with E-state index in [-0.39, 0.29) is 0 Å². The molecule has 4 heteroatoms. The maximum Gasteiger partial charge on any atom is 0.100 e. The van der Waals surface area contributed by atoms with Crippen LogP contribution < -0.4 is 4.90 Å². The van der Waals surface area contributed by atoms with Crippen LogP contribution in [-0.4, -0.2) is 38.6 Å². The van der Waals surface area contributed by atoms with E-state index in [2.05, 4.69) is 45.9 Å². The smallest absolute Gasteiger partial charge is 0.100 e. The highest BCUT2D eigenvalue weighted by Gasteiger charge is 2.18. The molecule has 1 fully saturated rings. The Kier molecular flexibility index (Phi) is 4.84. The summed E-state index contributed by atoms with van der Waals surface area (Å²) in [6.07, 6.45) is 2.55. The van der Waals surface area contributed by atoms with Gasteiger partial charge in [-0.15, -0.1) is 0 Å². The van der Waals surface area contributed by atoms with Gasteiger partial charge in [-0.3, -0.25) is 0 Å². The zero-order valence-electron chi connectivity index (χ0n) is 11.6. The molecule has 1 aromatic rings. The third kappa shape index (κ3) is 3.71. The third-order valence-corrected chi connectivity index (χ3v) is 4.54. The standard InChI is InChI=1S/C15H20BrN3/c1-18-7-5-12(6-8-18)11-19(2)14-4-3-13(10-17)15(16)9-14/h3-4,9,12H,5-8,11H2,1-2H3. The summed E-state index contributed by atoms with van der Waals surface area (Å²) in [6.45, 7) is 3.50. The SMILES string of the molecule is CN1CCC(CN(C)c2ccc(C#N)c(Br)c2)CC1. The first-order valence-corrected chi connectivity index (χ1v) is 7.49. The lowest BCUT2D eigenvalue weighted by Crippen LogP contribution is -2.35. The van der Waals surface area contributed by atoms with Crippen LogP contribution in [0.15, 0.2) is 22.7 Å². The molecule has 102 valence electrons. The molecule has 0 aliphatic carbocycles. The summed E-state index contributed by atoms with van der Waals surface area (Å²) >= 11 is 3.45. The molecule has 0 radical (unpaired) electrons. The number of nitriles is 1. The number of anilines is 1. The van der Waals surface area contributed by atoms with Gasteiger partial charge in [0.25, 0.3) is 0 Å². The molecule has 1 aliphatic heterocycles. The number of benzene rings is 1. The lowest BCUT2D eigenvalue weighted by Gasteiger charge is -2.32. The minimum absolute atomic E-state index is 0.691. The van der Waals surface area contributed by atoms with Gasteiger partial charge in [0.05, 0.1) is 5.56 Å². The topological polar surface area (TPSA) is 30.3 Å². The highest BCUT2D eigenvalue weighted by atomic mass is 79.9. The quantitative estimate of drug-likeness (QED) is 0.857. The maximum atomic E-state index is 8.94. The third-order valence-electron chi connectivity index (χ3n) is 3.88. The van der Waals surface area contributed by atoms with E-state index in [4.69, 9.17) is 5.26 Å². The van der Waals surface area contributed by atoms with Crippen LogP contribution in [0.3, 0.4) is 0 Å². The van der Waals surface area contributed by atoms with Crippen molar-refractivity contribution in [2.75, 3.05) is 38.6 Å². The summed E-state index contributed by atoms with van der Waals surface area (Å²) in [5.74, 6) is 0.774. The summed E-state index contributed by atoms with van der Waals surface area (Å²) in [5.41, 5.74) is 1.86. The van der Waals surface area contributed by atoms with Crippen LogP contribution in [0.5, 0.6) is 0 Å². The molecule has 0 bridgehead atoms. The summed E-state index contributed by atoms with van der Waals surface area (Å²) < 4.78 is 0.878. The average molecular weight is 322 g/mol. The first-order chi connectivity index (χ1) is 9.10. The van der Waals surface area contributed by atoms with Crippen molar-refractivity contribution in [3.8, 4) is 6.07 Å². The van der Waals surface area contributed by atoms with E-state index < -0.39 is 0 Å². The summed E-state index contributed by atoms with van der Waals surface area (Å²) in [4.78, 5) is 4.69. The largest absolute Gasteiger partial charge is 0.374 e. The Morgan fingerprint density at radius 2 is 2.11 bits per heavy atom. The molecule has 1 heterocycles. The van der Waals surface area contributed by atoms with E-state index >= 15 is 0 Å². The van der Waals surface area contributed by atoms with Crippen LogP contribution in [-0.2, 0) is 0 Å². The Balaban J connectivity index is 1.98. The second-order valence-corrected chi connectivity index (χ2v) is 6.26. The average Bonchev–Trinajstić information content (AvgIpc) is 2.41. The van der Waals surface area contributed by atoms with Gasteiger partial charge in [-0.2, -0.15) is 5.26 Å². The van der Waals surface area contributed by atoms with Gasteiger partial charge >= 0.3 is 0 Å². The van der Waals surface area contributed by atoms with E-state index in [1.54, 1.807) is 0 Å². The highest BCUT2D eigenvalue weighted by Crippen LogP contribution is 2.25. The Labute approximate surface area is 123 Å². The van der Waals surface area contributed by atoms with Crippen molar-refractivity contribution in [1.29, 1.82) is 5.26 Å². The van der Waals surface area contributed by atoms with Gasteiger partial charge in [0, 0.05) is 23.8 Å². The minimum atomic E-state index is 0.691. The number of rotatable bonds is 3. The van der Waals surface area contributed by atoms with Gasteiger partial charge in [0.2, 0.25) is 0 Å². The van der Waals surface area contributed by atoms with Gasteiger partial charge in [-0.25, -0.2) is 0 Å². The van der Waals surface area contributed by atoms with Crippen molar-refractivity contribution in [2.24, 2.45) is 5.92 Å². The predicted molar refractivity (Wildman–Crippen MR) is 82.3 cm³/mol. The summed E-state index contributed by atoms with van der Waals surface area (Å²) in [7, 11) is 4.32. The molecule has 2 rings (SSSR count). The Bertz CT molecular complexity index is 473. The molecule has 0 atom stereocenters. The molecular weight excluding hydrogens is 302 g/mol. The highest BCUT2D eigenvalue weighted by molar-refractivity contribution is 9.10. The second kappa shape index (κ2) is 6.40. The number of halogens is 1. The van der Waals surface area contributed by atoms with Gasteiger partial charge in [-0.1, -0.05) is 0 Å². The van der Waals surface area contributed by atoms with Crippen molar-refractivity contribution in [3.63, 3.8) is 0 Å². The van der Waals surface area contributed by atoms with Crippen LogP contribution in [0.1, 0.15) is 18.4 Å². The Morgan fingerprint density at radius 1 is 1.42 bits per heavy atom. The first kappa shape index (κ1) is 14.4. The van der Waals surface area contributed by atoms with E-state index in [0.717, 1.165) is 16.9 Å². The van der Waals surface area contributed by atoms with Crippen LogP contribution >= 0.6 is 15.9 Å². The second-order valence-electron chi connectivity index (χ2n) is 5.40. The van der Waals surface area contributed by atoms with Gasteiger partial charge in [-0.05, 0) is 73.0 Å². The van der Waals surface area contributed by atoms with Crippen molar-refractivity contribution in [1.82, 2.24) is 4.90 Å². The zero-order valence-corrected chi connectivity index (χ0v) is 13.2. The Hall–Kier alpha value is -1.05. The molecule has 3 nitrogen and oxygen atoms in total. The predicted octanol–water partition coefficient (Wildman–Crippen LogP) is 3.10. The zero-order chi connectivity index (χ0) is 13.8. The van der Waals surface area contributed by atoms with Crippen molar-refractivity contribution in [3.05, 3.63) is 28.2 Å². The fourth-order valence-electron chi connectivity index (χ4n) is 2.57. The number of piperidine rings is 1. The van der Waals surface area contributed by atoms with Crippen LogP contribution in [0.4, 0.5) is 5.69 Å². The van der Waals surface area contributed by atoms with E-state index in [0.29, 0.717) is 5.56 Å². The monoisotopic (exact) mass is 321 g/mol. The molecule has 0 spiro atoms. The van der Waals surface area contributed by atoms with Crippen molar-refractivity contribution in [2.45, 2.75) is 12.8 Å². The lowest BCUT2D eigenvalue weighted by atomic mass is 9.96. The van der Waals surface area contributed by atoms with E-state index in [1.165, 1.54) is 31.6 Å². The maximum absolute atomic E-state index is 8.94.